The number of rotatable bonds is 12. The summed E-state index contributed by atoms with van der Waals surface area (Å²) in [5, 5.41) is 5.02. The molecule has 2 aromatic heterocycles. The highest BCUT2D eigenvalue weighted by molar-refractivity contribution is 6.12. The standard InChI is InChI=1S/C77H68N2/c1-11-66(51(6)38-48(2)3)60-26-34-70-71-36-28-62(46-75(71)79(74(70)44-60)65-19-15-16-49(4)40-65)68-33-23-56(41-53(68)8)21-22-57-42-54(9)77(55(10)43-57)63-29-37-72-69-35-27-61(67-32-20-50(5)39-52(67)7)45-73(69)78(76(72)47-63)64-30-24-59(25-31-64)58-17-13-12-14-18-58/h11-20,23-47H,2,21-22H2,1,3-10H3/b51-38-,66-11-. The number of nitrogens with zero attached hydrogens (tertiary/aromatic N) is 2. The molecule has 0 aliphatic heterocycles. The molecule has 0 spiro atoms. The molecule has 0 atom stereocenters. The largest absolute Gasteiger partial charge is 0.309 e. The number of benzene rings is 10. The molecule has 2 nitrogen and oxygen atoms in total. The minimum Gasteiger partial charge on any atom is -0.309 e. The van der Waals surface area contributed by atoms with Crippen LogP contribution in [-0.2, 0) is 12.8 Å². The fourth-order valence-corrected chi connectivity index (χ4v) is 12.8. The number of allylic oxidation sites excluding steroid dienone is 5. The molecule has 0 fully saturated rings. The number of hydrogen-bond donors (Lipinski definition) is 0. The molecule has 10 aromatic carbocycles. The van der Waals surface area contributed by atoms with Crippen molar-refractivity contribution >= 4 is 49.2 Å². The number of aromatic nitrogens is 2. The lowest BCUT2D eigenvalue weighted by atomic mass is 9.91. The van der Waals surface area contributed by atoms with Crippen molar-refractivity contribution in [1.29, 1.82) is 0 Å². The minimum atomic E-state index is 0.969. The zero-order valence-electron chi connectivity index (χ0n) is 47.2. The van der Waals surface area contributed by atoms with Gasteiger partial charge in [-0.3, -0.25) is 0 Å². The van der Waals surface area contributed by atoms with Crippen molar-refractivity contribution in [1.82, 2.24) is 9.13 Å². The van der Waals surface area contributed by atoms with Crippen molar-refractivity contribution in [2.75, 3.05) is 0 Å². The summed E-state index contributed by atoms with van der Waals surface area (Å²) >= 11 is 0. The summed E-state index contributed by atoms with van der Waals surface area (Å²) in [6.07, 6.45) is 6.33. The predicted octanol–water partition coefficient (Wildman–Crippen LogP) is 21.1. The third kappa shape index (κ3) is 9.57. The number of aryl methyl sites for hydroxylation is 8. The summed E-state index contributed by atoms with van der Waals surface area (Å²) < 4.78 is 4.94. The molecule has 12 rings (SSSR count). The van der Waals surface area contributed by atoms with Crippen molar-refractivity contribution in [3.8, 4) is 55.9 Å². The number of fused-ring (bicyclic) bond motifs is 6. The quantitative estimate of drug-likeness (QED) is 0.108. The second-order valence-corrected chi connectivity index (χ2v) is 22.3. The first-order valence-electron chi connectivity index (χ1n) is 28.0. The van der Waals surface area contributed by atoms with Gasteiger partial charge >= 0.3 is 0 Å². The fourth-order valence-electron chi connectivity index (χ4n) is 12.8. The van der Waals surface area contributed by atoms with Crippen LogP contribution in [0.25, 0.3) is 105 Å². The maximum atomic E-state index is 4.16. The van der Waals surface area contributed by atoms with Crippen molar-refractivity contribution in [3.05, 3.63) is 280 Å². The molecule has 79 heavy (non-hydrogen) atoms. The van der Waals surface area contributed by atoms with Gasteiger partial charge in [0.1, 0.15) is 0 Å². The van der Waals surface area contributed by atoms with Crippen molar-refractivity contribution in [2.24, 2.45) is 0 Å². The SMILES string of the molecule is C=C(C)/C=C(C)\C(=C\C)c1ccc2c3ccc(-c4ccc(CCc5cc(C)c(-c6ccc7c8ccc(-c9ccc(C)cc9C)cc8n(-c8ccc(-c9ccccc9)cc8)c7c6)c(C)c5)cc4C)cc3n(-c3cccc(C)c3)c2c1. The van der Waals surface area contributed by atoms with Gasteiger partial charge in [-0.05, 0) is 224 Å². The van der Waals surface area contributed by atoms with Gasteiger partial charge in [0.15, 0.2) is 0 Å². The van der Waals surface area contributed by atoms with Gasteiger partial charge in [0.25, 0.3) is 0 Å². The summed E-state index contributed by atoms with van der Waals surface area (Å²) in [6, 6.07) is 75.5. The Bertz CT molecular complexity index is 4430. The molecular weight excluding hydrogens is 953 g/mol. The summed E-state index contributed by atoms with van der Waals surface area (Å²) in [7, 11) is 0. The maximum absolute atomic E-state index is 4.16. The topological polar surface area (TPSA) is 9.86 Å². The van der Waals surface area contributed by atoms with E-state index < -0.39 is 0 Å². The molecule has 0 saturated heterocycles. The predicted molar refractivity (Wildman–Crippen MR) is 341 cm³/mol. The molecule has 0 unspecified atom stereocenters. The Balaban J connectivity index is 0.850. The van der Waals surface area contributed by atoms with Crippen LogP contribution < -0.4 is 0 Å². The summed E-state index contributed by atoms with van der Waals surface area (Å²) in [5.41, 5.74) is 32.3. The van der Waals surface area contributed by atoms with E-state index in [1.54, 1.807) is 0 Å². The molecule has 2 heteroatoms. The Kier molecular flexibility index (Phi) is 13.4. The van der Waals surface area contributed by atoms with E-state index in [0.29, 0.717) is 0 Å². The Morgan fingerprint density at radius 3 is 1.51 bits per heavy atom. The first-order valence-corrected chi connectivity index (χ1v) is 28.0. The Morgan fingerprint density at radius 1 is 0.405 bits per heavy atom. The smallest absolute Gasteiger partial charge is 0.0547 e. The third-order valence-electron chi connectivity index (χ3n) is 16.4. The van der Waals surface area contributed by atoms with Gasteiger partial charge < -0.3 is 9.13 Å². The zero-order valence-corrected chi connectivity index (χ0v) is 47.2. The van der Waals surface area contributed by atoms with E-state index >= 15 is 0 Å². The van der Waals surface area contributed by atoms with Crippen molar-refractivity contribution in [3.63, 3.8) is 0 Å². The molecule has 0 radical (unpaired) electrons. The lowest BCUT2D eigenvalue weighted by Gasteiger charge is -2.15. The van der Waals surface area contributed by atoms with E-state index in [0.717, 1.165) is 24.1 Å². The van der Waals surface area contributed by atoms with Crippen LogP contribution in [0.5, 0.6) is 0 Å². The van der Waals surface area contributed by atoms with Crippen LogP contribution in [0, 0.1) is 41.5 Å². The van der Waals surface area contributed by atoms with Crippen LogP contribution in [0.1, 0.15) is 70.8 Å². The van der Waals surface area contributed by atoms with Crippen LogP contribution in [0.2, 0.25) is 0 Å². The minimum absolute atomic E-state index is 0.969. The van der Waals surface area contributed by atoms with E-state index in [2.05, 4.69) is 290 Å². The first-order chi connectivity index (χ1) is 38.3. The van der Waals surface area contributed by atoms with Gasteiger partial charge in [-0.2, -0.15) is 0 Å². The average molecular weight is 1020 g/mol. The maximum Gasteiger partial charge on any atom is 0.0547 e. The Hall–Kier alpha value is -8.98. The highest BCUT2D eigenvalue weighted by Crippen LogP contribution is 2.41. The Labute approximate surface area is 467 Å². The molecule has 0 bridgehead atoms. The fraction of sp³-hybridized carbons (Fsp3) is 0.143. The lowest BCUT2D eigenvalue weighted by molar-refractivity contribution is 0.954. The van der Waals surface area contributed by atoms with Gasteiger partial charge in [0, 0.05) is 32.9 Å². The Morgan fingerprint density at radius 2 is 0.911 bits per heavy atom. The molecule has 0 amide bonds. The first kappa shape index (κ1) is 50.8. The highest BCUT2D eigenvalue weighted by Gasteiger charge is 2.20. The van der Waals surface area contributed by atoms with Gasteiger partial charge in [-0.15, -0.1) is 0 Å². The second-order valence-electron chi connectivity index (χ2n) is 22.3. The van der Waals surface area contributed by atoms with Crippen LogP contribution in [0.4, 0.5) is 0 Å². The van der Waals surface area contributed by atoms with Gasteiger partial charge in [-0.1, -0.05) is 182 Å². The molecule has 386 valence electrons. The average Bonchev–Trinajstić information content (AvgIpc) is 4.20. The summed E-state index contributed by atoms with van der Waals surface area (Å²) in [4.78, 5) is 0. The van der Waals surface area contributed by atoms with Crippen LogP contribution in [0.3, 0.4) is 0 Å². The molecule has 0 saturated carbocycles. The molecule has 0 aliphatic rings. The number of hydrogen-bond acceptors (Lipinski definition) is 0. The second kappa shape index (κ2) is 20.8. The van der Waals surface area contributed by atoms with E-state index in [1.165, 1.54) is 155 Å². The normalized spacial score (nSPS) is 12.2. The van der Waals surface area contributed by atoms with E-state index in [9.17, 15) is 0 Å². The van der Waals surface area contributed by atoms with Gasteiger partial charge in [0.05, 0.1) is 22.1 Å². The molecule has 12 aromatic rings. The molecule has 0 N–H and O–H groups in total. The van der Waals surface area contributed by atoms with Crippen LogP contribution in [0.15, 0.2) is 230 Å². The van der Waals surface area contributed by atoms with Crippen molar-refractivity contribution in [2.45, 2.75) is 75.2 Å². The summed E-state index contributed by atoms with van der Waals surface area (Å²) in [5.74, 6) is 0. The highest BCUT2D eigenvalue weighted by atomic mass is 15.0. The third-order valence-corrected chi connectivity index (χ3v) is 16.4. The van der Waals surface area contributed by atoms with E-state index in [4.69, 9.17) is 0 Å². The van der Waals surface area contributed by atoms with Gasteiger partial charge in [0.2, 0.25) is 0 Å². The molecule has 0 aliphatic carbocycles. The van der Waals surface area contributed by atoms with Crippen LogP contribution in [-0.4, -0.2) is 9.13 Å². The zero-order chi connectivity index (χ0) is 54.6. The van der Waals surface area contributed by atoms with Gasteiger partial charge in [-0.25, -0.2) is 0 Å². The summed E-state index contributed by atoms with van der Waals surface area (Å²) in [6.45, 7) is 23.9. The monoisotopic (exact) mass is 1020 g/mol. The van der Waals surface area contributed by atoms with E-state index in [-0.39, 0.29) is 0 Å². The van der Waals surface area contributed by atoms with Crippen LogP contribution >= 0.6 is 0 Å². The molecular formula is C77H68N2. The van der Waals surface area contributed by atoms with Crippen molar-refractivity contribution < 1.29 is 0 Å². The van der Waals surface area contributed by atoms with E-state index in [1.807, 2.05) is 0 Å². The lowest BCUT2D eigenvalue weighted by Crippen LogP contribution is -1.98. The molecule has 2 heterocycles.